The highest BCUT2D eigenvalue weighted by atomic mass is 16.7. The summed E-state index contributed by atoms with van der Waals surface area (Å²) in [5.41, 5.74) is 6.48. The molecule has 31 heavy (non-hydrogen) atoms. The molecule has 4 atom stereocenters. The van der Waals surface area contributed by atoms with E-state index < -0.39 is 5.60 Å². The zero-order valence-corrected chi connectivity index (χ0v) is 19.0. The summed E-state index contributed by atoms with van der Waals surface area (Å²) in [5, 5.41) is 6.05. The zero-order chi connectivity index (χ0) is 21.6. The summed E-state index contributed by atoms with van der Waals surface area (Å²) in [5.74, 6) is 1.05. The summed E-state index contributed by atoms with van der Waals surface area (Å²) in [6, 6.07) is 1.11. The van der Waals surface area contributed by atoms with E-state index in [9.17, 15) is 4.79 Å². The molecular weight excluding hydrogens is 400 g/mol. The van der Waals surface area contributed by atoms with Gasteiger partial charge in [0.15, 0.2) is 6.35 Å². The van der Waals surface area contributed by atoms with E-state index in [1.165, 1.54) is 0 Å². The lowest BCUT2D eigenvalue weighted by atomic mass is 9.93. The lowest BCUT2D eigenvalue weighted by Crippen LogP contribution is -2.55. The van der Waals surface area contributed by atoms with E-state index in [2.05, 4.69) is 26.1 Å². The number of hydrogen-bond donors (Lipinski definition) is 3. The smallest absolute Gasteiger partial charge is 0.410 e. The SMILES string of the molecule is CC(C)(C)OC(=O)N1CCC(C2NOC(N3CCC4NN(C5COC5)CC4C3)N2)CC1. The van der Waals surface area contributed by atoms with E-state index in [0.717, 1.165) is 65.2 Å². The third kappa shape index (κ3) is 4.85. The van der Waals surface area contributed by atoms with E-state index in [1.54, 1.807) is 0 Å². The van der Waals surface area contributed by atoms with Crippen LogP contribution in [-0.2, 0) is 14.3 Å². The third-order valence-corrected chi connectivity index (χ3v) is 7.21. The molecule has 0 aromatic rings. The second kappa shape index (κ2) is 8.74. The number of hydrogen-bond acceptors (Lipinski definition) is 9. The highest BCUT2D eigenvalue weighted by molar-refractivity contribution is 5.68. The van der Waals surface area contributed by atoms with Gasteiger partial charge in [-0.2, -0.15) is 5.48 Å². The summed E-state index contributed by atoms with van der Waals surface area (Å²) in [6.07, 6.45) is 2.84. The maximum atomic E-state index is 12.3. The molecule has 0 spiro atoms. The number of amides is 1. The molecule has 5 rings (SSSR count). The summed E-state index contributed by atoms with van der Waals surface area (Å²) in [4.78, 5) is 22.5. The van der Waals surface area contributed by atoms with Gasteiger partial charge < -0.3 is 14.4 Å². The first-order chi connectivity index (χ1) is 14.9. The van der Waals surface area contributed by atoms with Gasteiger partial charge in [-0.1, -0.05) is 0 Å². The molecule has 5 aliphatic heterocycles. The van der Waals surface area contributed by atoms with Gasteiger partial charge in [-0.3, -0.25) is 20.5 Å². The van der Waals surface area contributed by atoms with E-state index in [0.29, 0.717) is 23.9 Å². The van der Waals surface area contributed by atoms with Crippen LogP contribution < -0.4 is 16.2 Å². The molecule has 5 heterocycles. The second-order valence-corrected chi connectivity index (χ2v) is 10.7. The van der Waals surface area contributed by atoms with Crippen LogP contribution in [0.3, 0.4) is 0 Å². The number of carbonyl (C=O) groups is 1. The van der Waals surface area contributed by atoms with Gasteiger partial charge >= 0.3 is 6.09 Å². The van der Waals surface area contributed by atoms with Gasteiger partial charge in [0.1, 0.15) is 5.60 Å². The molecule has 0 aliphatic carbocycles. The van der Waals surface area contributed by atoms with Crippen molar-refractivity contribution in [3.63, 3.8) is 0 Å². The van der Waals surface area contributed by atoms with Gasteiger partial charge in [0.2, 0.25) is 0 Å². The number of piperidine rings is 2. The highest BCUT2D eigenvalue weighted by Gasteiger charge is 2.44. The predicted molar refractivity (Wildman–Crippen MR) is 113 cm³/mol. The van der Waals surface area contributed by atoms with Crippen LogP contribution in [0, 0.1) is 11.8 Å². The number of likely N-dealkylation sites (tertiary alicyclic amines) is 2. The Morgan fingerprint density at radius 2 is 1.81 bits per heavy atom. The minimum Gasteiger partial charge on any atom is -0.444 e. The number of hydroxylamine groups is 1. The molecule has 0 radical (unpaired) electrons. The molecule has 5 fully saturated rings. The van der Waals surface area contributed by atoms with Crippen molar-refractivity contribution >= 4 is 6.09 Å². The van der Waals surface area contributed by atoms with Crippen molar-refractivity contribution in [2.75, 3.05) is 45.9 Å². The normalized spacial score (nSPS) is 36.4. The van der Waals surface area contributed by atoms with Crippen molar-refractivity contribution in [1.82, 2.24) is 31.0 Å². The van der Waals surface area contributed by atoms with Gasteiger partial charge in [0.05, 0.1) is 25.4 Å². The van der Waals surface area contributed by atoms with Crippen molar-refractivity contribution < 1.29 is 19.1 Å². The fourth-order valence-corrected chi connectivity index (χ4v) is 5.32. The molecule has 176 valence electrons. The summed E-state index contributed by atoms with van der Waals surface area (Å²) >= 11 is 0. The Balaban J connectivity index is 1.07. The van der Waals surface area contributed by atoms with Crippen molar-refractivity contribution in [2.45, 2.75) is 70.2 Å². The Labute approximate surface area is 184 Å². The Hall–Kier alpha value is -1.01. The van der Waals surface area contributed by atoms with Crippen molar-refractivity contribution in [1.29, 1.82) is 0 Å². The fraction of sp³-hybridized carbons (Fsp3) is 0.952. The van der Waals surface area contributed by atoms with Gasteiger partial charge in [-0.15, -0.1) is 0 Å². The van der Waals surface area contributed by atoms with Crippen molar-refractivity contribution in [3.05, 3.63) is 0 Å². The van der Waals surface area contributed by atoms with E-state index in [4.69, 9.17) is 14.3 Å². The lowest BCUT2D eigenvalue weighted by molar-refractivity contribution is -0.0886. The Kier molecular flexibility index (Phi) is 6.15. The molecule has 0 saturated carbocycles. The molecule has 3 N–H and O–H groups in total. The first-order valence-corrected chi connectivity index (χ1v) is 11.9. The van der Waals surface area contributed by atoms with Gasteiger partial charge in [0.25, 0.3) is 0 Å². The molecule has 4 unspecified atom stereocenters. The van der Waals surface area contributed by atoms with E-state index >= 15 is 0 Å². The quantitative estimate of drug-likeness (QED) is 0.575. The van der Waals surface area contributed by atoms with Crippen LogP contribution in [0.1, 0.15) is 40.0 Å². The first-order valence-electron chi connectivity index (χ1n) is 11.9. The number of fused-ring (bicyclic) bond motifs is 1. The second-order valence-electron chi connectivity index (χ2n) is 10.7. The van der Waals surface area contributed by atoms with E-state index in [1.807, 2.05) is 25.7 Å². The van der Waals surface area contributed by atoms with Crippen LogP contribution in [0.25, 0.3) is 0 Å². The summed E-state index contributed by atoms with van der Waals surface area (Å²) < 4.78 is 10.9. The first kappa shape index (κ1) is 21.8. The largest absolute Gasteiger partial charge is 0.444 e. The van der Waals surface area contributed by atoms with Crippen molar-refractivity contribution in [3.8, 4) is 0 Å². The van der Waals surface area contributed by atoms with Crippen molar-refractivity contribution in [2.24, 2.45) is 11.8 Å². The maximum Gasteiger partial charge on any atom is 0.410 e. The number of rotatable bonds is 3. The molecule has 0 aromatic carbocycles. The average Bonchev–Trinajstić information content (AvgIpc) is 3.32. The van der Waals surface area contributed by atoms with Crippen LogP contribution in [-0.4, -0.2) is 97.0 Å². The molecule has 0 aromatic heterocycles. The highest BCUT2D eigenvalue weighted by Crippen LogP contribution is 2.29. The van der Waals surface area contributed by atoms with Crippen LogP contribution in [0.5, 0.6) is 0 Å². The zero-order valence-electron chi connectivity index (χ0n) is 19.0. The minimum atomic E-state index is -0.450. The van der Waals surface area contributed by atoms with Gasteiger partial charge in [-0.25, -0.2) is 9.80 Å². The lowest BCUT2D eigenvalue weighted by Gasteiger charge is -2.37. The molecule has 10 nitrogen and oxygen atoms in total. The Morgan fingerprint density at radius 1 is 1.03 bits per heavy atom. The number of ether oxygens (including phenoxy) is 2. The molecule has 1 amide bonds. The predicted octanol–water partition coefficient (Wildman–Crippen LogP) is 0.277. The molecule has 5 aliphatic rings. The number of nitrogens with one attached hydrogen (secondary N) is 3. The number of hydrazine groups is 1. The van der Waals surface area contributed by atoms with Gasteiger partial charge in [-0.05, 0) is 46.0 Å². The standard InChI is InChI=1S/C21H38N6O4/c1-21(2,3)30-20(28)25-7-4-14(5-8-25)18-22-19(31-24-18)26-9-6-17-15(10-26)11-27(23-17)16-12-29-13-16/h14-19,22-24H,4-13H2,1-3H3. The average molecular weight is 439 g/mol. The van der Waals surface area contributed by atoms with Crippen LogP contribution in [0.4, 0.5) is 4.79 Å². The topological polar surface area (TPSA) is 90.6 Å². The number of carbonyl (C=O) groups excluding carboxylic acids is 1. The molecule has 0 bridgehead atoms. The molecular formula is C21H38N6O4. The molecule has 5 saturated heterocycles. The van der Waals surface area contributed by atoms with Gasteiger partial charge in [0, 0.05) is 44.7 Å². The van der Waals surface area contributed by atoms with Crippen LogP contribution in [0.2, 0.25) is 0 Å². The monoisotopic (exact) mass is 438 g/mol. The fourth-order valence-electron chi connectivity index (χ4n) is 5.32. The number of nitrogens with zero attached hydrogens (tertiary/aromatic N) is 3. The summed E-state index contributed by atoms with van der Waals surface area (Å²) in [7, 11) is 0. The Morgan fingerprint density at radius 3 is 2.48 bits per heavy atom. The Bertz CT molecular complexity index is 648. The van der Waals surface area contributed by atoms with E-state index in [-0.39, 0.29) is 18.6 Å². The maximum absolute atomic E-state index is 12.3. The molecule has 10 heteroatoms. The van der Waals surface area contributed by atoms with Crippen LogP contribution >= 0.6 is 0 Å². The third-order valence-electron chi connectivity index (χ3n) is 7.21. The van der Waals surface area contributed by atoms with Crippen LogP contribution in [0.15, 0.2) is 0 Å². The summed E-state index contributed by atoms with van der Waals surface area (Å²) in [6.45, 7) is 12.0. The minimum absolute atomic E-state index is 0.0871.